The molecule has 0 saturated heterocycles. The Morgan fingerprint density at radius 2 is 0.537 bits per heavy atom. The molecule has 2 aliphatic rings. The van der Waals surface area contributed by atoms with E-state index in [0.717, 1.165) is 112 Å². The maximum absolute atomic E-state index is 12.7. The summed E-state index contributed by atoms with van der Waals surface area (Å²) in [4.78, 5) is 48.8. The van der Waals surface area contributed by atoms with Crippen molar-refractivity contribution in [1.29, 1.82) is 0 Å². The molecule has 82 heavy (non-hydrogen) atoms. The van der Waals surface area contributed by atoms with E-state index in [9.17, 15) is 9.59 Å². The first-order chi connectivity index (χ1) is 40.4. The fraction of sp³-hybridized carbons (Fsp3) is 0.0278. The maximum atomic E-state index is 12.7. The van der Waals surface area contributed by atoms with Crippen molar-refractivity contribution in [3.8, 4) is 44.5 Å². The number of esters is 2. The molecule has 8 aromatic carbocycles. The van der Waals surface area contributed by atoms with E-state index in [2.05, 4.69) is 202 Å². The van der Waals surface area contributed by atoms with Crippen LogP contribution in [0.1, 0.15) is 43.5 Å². The van der Waals surface area contributed by atoms with Gasteiger partial charge in [0.2, 0.25) is 0 Å². The van der Waals surface area contributed by atoms with Crippen LogP contribution in [0.25, 0.3) is 90.9 Å². The van der Waals surface area contributed by atoms with Crippen LogP contribution in [0.5, 0.6) is 0 Å². The first kappa shape index (κ1) is 50.4. The highest BCUT2D eigenvalue weighted by Crippen LogP contribution is 2.42. The third-order valence-corrected chi connectivity index (χ3v) is 14.8. The average molecular weight is 1070 g/mol. The van der Waals surface area contributed by atoms with Gasteiger partial charge in [-0.1, -0.05) is 121 Å². The summed E-state index contributed by atoms with van der Waals surface area (Å²) < 4.78 is 10.2. The van der Waals surface area contributed by atoms with E-state index in [0.29, 0.717) is 22.5 Å². The Hall–Kier alpha value is -11.1. The molecule has 2 aliphatic heterocycles. The molecule has 0 unspecified atom stereocenters. The first-order valence-electron chi connectivity index (χ1n) is 26.9. The quantitative estimate of drug-likeness (QED) is 0.116. The smallest absolute Gasteiger partial charge is 0.337 e. The summed E-state index contributed by atoms with van der Waals surface area (Å²) in [5, 5.41) is 0. The summed E-state index contributed by atoms with van der Waals surface area (Å²) in [6.45, 7) is 0. The molecule has 0 spiro atoms. The first-order valence-corrected chi connectivity index (χ1v) is 26.9. The number of rotatable bonds is 12. The van der Waals surface area contributed by atoms with Crippen molar-refractivity contribution in [2.75, 3.05) is 24.0 Å². The summed E-state index contributed by atoms with van der Waals surface area (Å²) in [7, 11) is 2.76. The molecule has 0 saturated carbocycles. The second kappa shape index (κ2) is 22.0. The van der Waals surface area contributed by atoms with E-state index in [1.807, 2.05) is 60.7 Å². The lowest BCUT2D eigenvalue weighted by molar-refractivity contribution is 0.0592. The molecule has 10 nitrogen and oxygen atoms in total. The van der Waals surface area contributed by atoms with Crippen LogP contribution in [0.3, 0.4) is 0 Å². The predicted octanol–water partition coefficient (Wildman–Crippen LogP) is 17.8. The number of para-hydroxylation sites is 4. The molecule has 0 aliphatic carbocycles. The zero-order valence-electron chi connectivity index (χ0n) is 44.8. The third-order valence-electron chi connectivity index (χ3n) is 14.8. The number of benzene rings is 8. The lowest BCUT2D eigenvalue weighted by atomic mass is 10.0. The molecule has 3 aromatic heterocycles. The van der Waals surface area contributed by atoms with Crippen LogP contribution in [0.15, 0.2) is 243 Å². The number of carbonyl (C=O) groups is 2. The molecule has 2 N–H and O–H groups in total. The molecule has 0 amide bonds. The molecule has 394 valence electrons. The highest BCUT2D eigenvalue weighted by Gasteiger charge is 2.22. The molecule has 11 aromatic rings. The Balaban J connectivity index is 1.07. The Morgan fingerprint density at radius 1 is 0.305 bits per heavy atom. The largest absolute Gasteiger partial charge is 0.465 e. The number of anilines is 6. The number of aromatic amines is 2. The number of H-pyrrole nitrogens is 2. The zero-order chi connectivity index (χ0) is 55.5. The number of ether oxygens (including phenoxy) is 2. The van der Waals surface area contributed by atoms with Gasteiger partial charge < -0.3 is 29.2 Å². The molecule has 8 bridgehead atoms. The van der Waals surface area contributed by atoms with Gasteiger partial charge in [0.15, 0.2) is 0 Å². The normalized spacial score (nSPS) is 11.5. The highest BCUT2D eigenvalue weighted by atomic mass is 16.5. The van der Waals surface area contributed by atoms with Gasteiger partial charge in [0.05, 0.1) is 48.1 Å². The van der Waals surface area contributed by atoms with Gasteiger partial charge in [0.1, 0.15) is 0 Å². The Labute approximate surface area is 474 Å². The lowest BCUT2D eigenvalue weighted by Crippen LogP contribution is -2.09. The Kier molecular flexibility index (Phi) is 13.5. The van der Waals surface area contributed by atoms with E-state index in [-0.39, 0.29) is 0 Å². The van der Waals surface area contributed by atoms with E-state index in [1.54, 1.807) is 24.3 Å². The van der Waals surface area contributed by atoms with Gasteiger partial charge in [0.25, 0.3) is 0 Å². The van der Waals surface area contributed by atoms with Crippen LogP contribution in [0.4, 0.5) is 34.1 Å². The fourth-order valence-corrected chi connectivity index (χ4v) is 11.0. The molecule has 10 heteroatoms. The van der Waals surface area contributed by atoms with E-state index in [4.69, 9.17) is 19.4 Å². The number of methoxy groups -OCH3 is 2. The van der Waals surface area contributed by atoms with Gasteiger partial charge in [-0.15, -0.1) is 0 Å². The molecule has 0 atom stereocenters. The van der Waals surface area contributed by atoms with Crippen LogP contribution in [0.2, 0.25) is 0 Å². The Morgan fingerprint density at radius 3 is 0.780 bits per heavy atom. The fourth-order valence-electron chi connectivity index (χ4n) is 11.0. The number of carbonyl (C=O) groups excluding carboxylic acids is 2. The minimum absolute atomic E-state index is 0.425. The number of hydrogen-bond acceptors (Lipinski definition) is 8. The molecule has 5 heterocycles. The van der Waals surface area contributed by atoms with E-state index < -0.39 is 11.9 Å². The predicted molar refractivity (Wildman–Crippen MR) is 333 cm³/mol. The van der Waals surface area contributed by atoms with Crippen molar-refractivity contribution >= 4 is 92.4 Å². The summed E-state index contributed by atoms with van der Waals surface area (Å²) >= 11 is 0. The minimum atomic E-state index is -0.425. The van der Waals surface area contributed by atoms with Crippen molar-refractivity contribution in [2.45, 2.75) is 0 Å². The molecular weight excluding hydrogens is 1010 g/mol. The van der Waals surface area contributed by atoms with Gasteiger partial charge >= 0.3 is 11.9 Å². The number of hydrogen-bond donors (Lipinski definition) is 2. The topological polar surface area (TPSA) is 116 Å². The van der Waals surface area contributed by atoms with Crippen molar-refractivity contribution in [3.05, 3.63) is 277 Å². The molecular formula is C72H52N6O4. The van der Waals surface area contributed by atoms with Crippen molar-refractivity contribution < 1.29 is 19.1 Å². The minimum Gasteiger partial charge on any atom is -0.465 e. The highest BCUT2D eigenvalue weighted by molar-refractivity contribution is 6.01. The van der Waals surface area contributed by atoms with Crippen molar-refractivity contribution in [3.63, 3.8) is 0 Å². The van der Waals surface area contributed by atoms with Crippen LogP contribution in [0, 0.1) is 0 Å². The van der Waals surface area contributed by atoms with E-state index >= 15 is 0 Å². The monoisotopic (exact) mass is 1060 g/mol. The van der Waals surface area contributed by atoms with Crippen LogP contribution in [-0.2, 0) is 9.47 Å². The van der Waals surface area contributed by atoms with E-state index in [1.165, 1.54) is 14.2 Å². The number of nitrogens with one attached hydrogen (secondary N) is 2. The van der Waals surface area contributed by atoms with Crippen LogP contribution in [-0.4, -0.2) is 46.1 Å². The van der Waals surface area contributed by atoms with Gasteiger partial charge in [-0.05, 0) is 168 Å². The summed E-state index contributed by atoms with van der Waals surface area (Å²) in [5.41, 5.74) is 20.2. The summed E-state index contributed by atoms with van der Waals surface area (Å²) in [6.07, 6.45) is 8.25. The molecule has 0 radical (unpaired) electrons. The SMILES string of the molecule is COC(=O)c1ccc(-c2c3nc(c(-c4ccc(C(=O)OC)cc4)c4ccc([nH]4)c(-c4ccc(N(c5ccccc5)c5ccccc5)cc4)c4nc(c(-c5ccc(N(c6ccccc6)c6ccccc6)cc5)c5ccc2[nH]5)C=C4)C=C3)cc1. The van der Waals surface area contributed by atoms with Gasteiger partial charge in [-0.2, -0.15) is 0 Å². The van der Waals surface area contributed by atoms with Crippen molar-refractivity contribution in [1.82, 2.24) is 19.9 Å². The number of aromatic nitrogens is 4. The summed E-state index contributed by atoms with van der Waals surface area (Å²) in [6, 6.07) is 82.0. The van der Waals surface area contributed by atoms with Gasteiger partial charge in [-0.3, -0.25) is 0 Å². The summed E-state index contributed by atoms with van der Waals surface area (Å²) in [5.74, 6) is -0.850. The molecule has 0 fully saturated rings. The van der Waals surface area contributed by atoms with Crippen LogP contribution >= 0.6 is 0 Å². The second-order valence-electron chi connectivity index (χ2n) is 19.7. The van der Waals surface area contributed by atoms with Gasteiger partial charge in [0, 0.05) is 78.4 Å². The maximum Gasteiger partial charge on any atom is 0.337 e. The number of fused-ring (bicyclic) bond motifs is 8. The van der Waals surface area contributed by atoms with Crippen LogP contribution < -0.4 is 9.80 Å². The standard InChI is InChI=1S/C72H52N6O4/c1-81-71(79)51-27-23-47(24-28-51)67-59-39-40-60(73-59)68(48-25-29-52(30-26-48)72(80)82-2)62-42-44-64(75-62)70(50-33-37-58(38-34-50)78(55-19-11-5-12-20-55)56-21-13-6-14-22-56)66-46-45-65(76-66)69(63-43-41-61(67)74-63)49-31-35-57(36-32-49)77(53-15-7-3-8-16-53)54-17-9-4-10-18-54/h3-46,74-75H,1-2H3. The lowest BCUT2D eigenvalue weighted by Gasteiger charge is -2.25. The second-order valence-corrected chi connectivity index (χ2v) is 19.7. The average Bonchev–Trinajstić information content (AvgIpc) is 4.28. The third kappa shape index (κ3) is 9.71. The Bertz CT molecular complexity index is 4050. The van der Waals surface area contributed by atoms with Gasteiger partial charge in [-0.25, -0.2) is 19.6 Å². The number of nitrogens with zero attached hydrogens (tertiary/aromatic N) is 4. The zero-order valence-corrected chi connectivity index (χ0v) is 44.8. The molecule has 13 rings (SSSR count). The van der Waals surface area contributed by atoms with Crippen molar-refractivity contribution in [2.24, 2.45) is 0 Å².